The molecular weight excluding hydrogens is 424 g/mol. The Bertz CT molecular complexity index is 867. The summed E-state index contributed by atoms with van der Waals surface area (Å²) >= 11 is 6.40. The molecule has 31 heavy (non-hydrogen) atoms. The van der Waals surface area contributed by atoms with Crippen molar-refractivity contribution in [3.05, 3.63) is 64.2 Å². The summed E-state index contributed by atoms with van der Waals surface area (Å²) in [5, 5.41) is 40.5. The Morgan fingerprint density at radius 1 is 1.00 bits per heavy atom. The zero-order chi connectivity index (χ0) is 22.0. The van der Waals surface area contributed by atoms with Gasteiger partial charge in [-0.15, -0.1) is 0 Å². The van der Waals surface area contributed by atoms with Gasteiger partial charge in [-0.3, -0.25) is 0 Å². The van der Waals surface area contributed by atoms with Crippen LogP contribution in [0.1, 0.15) is 29.2 Å². The minimum atomic E-state index is -1.42. The van der Waals surface area contributed by atoms with Gasteiger partial charge in [0.25, 0.3) is 0 Å². The topological polar surface area (TPSA) is 109 Å². The Balaban J connectivity index is 1.49. The third-order valence-corrected chi connectivity index (χ3v) is 6.17. The summed E-state index contributed by atoms with van der Waals surface area (Å²) in [6.07, 6.45) is -4.46. The average Bonchev–Trinajstić information content (AvgIpc) is 3.28. The highest BCUT2D eigenvalue weighted by Gasteiger charge is 2.44. The lowest BCUT2D eigenvalue weighted by molar-refractivity contribution is -0.231. The van der Waals surface area contributed by atoms with Crippen LogP contribution in [0.25, 0.3) is 0 Å². The molecule has 0 aliphatic carbocycles. The molecule has 2 aromatic carbocycles. The minimum absolute atomic E-state index is 0.0931. The molecule has 0 aromatic heterocycles. The van der Waals surface area contributed by atoms with E-state index >= 15 is 0 Å². The fourth-order valence-corrected chi connectivity index (χ4v) is 4.17. The molecule has 2 aromatic rings. The largest absolute Gasteiger partial charge is 0.488 e. The number of benzene rings is 2. The summed E-state index contributed by atoms with van der Waals surface area (Å²) in [6.45, 7) is 0.872. The second-order valence-electron chi connectivity index (χ2n) is 8.02. The molecule has 0 bridgehead atoms. The van der Waals surface area contributed by atoms with Gasteiger partial charge < -0.3 is 34.6 Å². The predicted molar refractivity (Wildman–Crippen MR) is 113 cm³/mol. The van der Waals surface area contributed by atoms with Gasteiger partial charge in [0.15, 0.2) is 0 Å². The SMILES string of the molecule is OC[C@@H]1O[C@H](c2ccc(Cl)c(Cc3ccc(O[C@@H]4CCOC4)cc3)c2)[C@@H](O)[C@H](O)[C@H]1O. The van der Waals surface area contributed by atoms with Gasteiger partial charge >= 0.3 is 0 Å². The Morgan fingerprint density at radius 2 is 1.77 bits per heavy atom. The van der Waals surface area contributed by atoms with Crippen molar-refractivity contribution >= 4 is 11.6 Å². The average molecular weight is 451 g/mol. The normalized spacial score (nSPS) is 31.0. The van der Waals surface area contributed by atoms with E-state index in [0.29, 0.717) is 23.6 Å². The van der Waals surface area contributed by atoms with E-state index in [4.69, 9.17) is 25.8 Å². The number of aliphatic hydroxyl groups is 4. The molecule has 2 saturated heterocycles. The molecule has 7 nitrogen and oxygen atoms in total. The molecule has 168 valence electrons. The lowest BCUT2D eigenvalue weighted by atomic mass is 9.90. The van der Waals surface area contributed by atoms with E-state index in [9.17, 15) is 20.4 Å². The molecule has 4 rings (SSSR count). The van der Waals surface area contributed by atoms with Crippen LogP contribution in [0.15, 0.2) is 42.5 Å². The summed E-state index contributed by atoms with van der Waals surface area (Å²) in [6, 6.07) is 13.0. The first-order valence-electron chi connectivity index (χ1n) is 10.4. The fraction of sp³-hybridized carbons (Fsp3) is 0.478. The van der Waals surface area contributed by atoms with E-state index in [2.05, 4.69) is 0 Å². The van der Waals surface area contributed by atoms with Gasteiger partial charge in [-0.2, -0.15) is 0 Å². The molecule has 2 fully saturated rings. The van der Waals surface area contributed by atoms with Gasteiger partial charge in [0.2, 0.25) is 0 Å². The van der Waals surface area contributed by atoms with Crippen LogP contribution in [-0.4, -0.2) is 70.8 Å². The van der Waals surface area contributed by atoms with Crippen molar-refractivity contribution in [2.24, 2.45) is 0 Å². The molecule has 6 atom stereocenters. The van der Waals surface area contributed by atoms with Crippen LogP contribution in [-0.2, 0) is 15.9 Å². The summed E-state index contributed by atoms with van der Waals surface area (Å²) in [5.41, 5.74) is 2.47. The van der Waals surface area contributed by atoms with Crippen molar-refractivity contribution < 1.29 is 34.6 Å². The second kappa shape index (κ2) is 9.83. The molecule has 0 spiro atoms. The highest BCUT2D eigenvalue weighted by Crippen LogP contribution is 2.34. The maximum absolute atomic E-state index is 10.4. The Hall–Kier alpha value is -1.71. The Kier molecular flexibility index (Phi) is 7.13. The number of ether oxygens (including phenoxy) is 3. The summed E-state index contributed by atoms with van der Waals surface area (Å²) in [4.78, 5) is 0. The minimum Gasteiger partial charge on any atom is -0.488 e. The summed E-state index contributed by atoms with van der Waals surface area (Å²) in [5.74, 6) is 0.792. The van der Waals surface area contributed by atoms with E-state index in [-0.39, 0.29) is 6.10 Å². The number of rotatable bonds is 6. The quantitative estimate of drug-likeness (QED) is 0.529. The standard InChI is InChI=1S/C23H27ClO7/c24-18-6-3-14(23-22(28)21(27)20(26)19(11-25)31-23)10-15(18)9-13-1-4-16(5-2-13)30-17-7-8-29-12-17/h1-6,10,17,19-23,25-28H,7-9,11-12H2/t17-,19+,20+,21-,22+,23-/m1/s1. The summed E-state index contributed by atoms with van der Waals surface area (Å²) < 4.78 is 16.9. The van der Waals surface area contributed by atoms with Crippen LogP contribution in [0.2, 0.25) is 5.02 Å². The van der Waals surface area contributed by atoms with Crippen molar-refractivity contribution in [1.82, 2.24) is 0 Å². The zero-order valence-electron chi connectivity index (χ0n) is 16.9. The number of aliphatic hydroxyl groups excluding tert-OH is 4. The van der Waals surface area contributed by atoms with Gasteiger partial charge in [0.1, 0.15) is 42.4 Å². The predicted octanol–water partition coefficient (Wildman–Crippen LogP) is 1.61. The number of hydrogen-bond acceptors (Lipinski definition) is 7. The molecule has 0 unspecified atom stereocenters. The fourth-order valence-electron chi connectivity index (χ4n) is 3.99. The first kappa shape index (κ1) is 22.5. The molecule has 2 aliphatic heterocycles. The molecule has 2 heterocycles. The van der Waals surface area contributed by atoms with E-state index in [0.717, 1.165) is 29.9 Å². The van der Waals surface area contributed by atoms with Crippen LogP contribution in [0.3, 0.4) is 0 Å². The van der Waals surface area contributed by atoms with Crippen LogP contribution in [0.4, 0.5) is 0 Å². The summed E-state index contributed by atoms with van der Waals surface area (Å²) in [7, 11) is 0. The molecule has 4 N–H and O–H groups in total. The lowest BCUT2D eigenvalue weighted by Gasteiger charge is -2.40. The Morgan fingerprint density at radius 3 is 2.45 bits per heavy atom. The molecule has 0 saturated carbocycles. The van der Waals surface area contributed by atoms with Crippen LogP contribution in [0.5, 0.6) is 5.75 Å². The molecule has 0 radical (unpaired) electrons. The van der Waals surface area contributed by atoms with Crippen molar-refractivity contribution in [1.29, 1.82) is 0 Å². The molecule has 2 aliphatic rings. The van der Waals surface area contributed by atoms with Gasteiger partial charge in [-0.25, -0.2) is 0 Å². The van der Waals surface area contributed by atoms with Crippen molar-refractivity contribution in [2.45, 2.75) is 49.5 Å². The number of hydrogen-bond donors (Lipinski definition) is 4. The molecule has 8 heteroatoms. The van der Waals surface area contributed by atoms with Gasteiger partial charge in [0, 0.05) is 11.4 Å². The third kappa shape index (κ3) is 5.04. The maximum atomic E-state index is 10.4. The monoisotopic (exact) mass is 450 g/mol. The van der Waals surface area contributed by atoms with Crippen LogP contribution < -0.4 is 4.74 Å². The van der Waals surface area contributed by atoms with Crippen molar-refractivity contribution in [3.63, 3.8) is 0 Å². The van der Waals surface area contributed by atoms with Crippen LogP contribution in [0, 0.1) is 0 Å². The van der Waals surface area contributed by atoms with Gasteiger partial charge in [-0.1, -0.05) is 35.9 Å². The van der Waals surface area contributed by atoms with Crippen LogP contribution >= 0.6 is 11.6 Å². The highest BCUT2D eigenvalue weighted by atomic mass is 35.5. The second-order valence-corrected chi connectivity index (χ2v) is 8.43. The van der Waals surface area contributed by atoms with E-state index in [1.54, 1.807) is 12.1 Å². The molecular formula is C23H27ClO7. The highest BCUT2D eigenvalue weighted by molar-refractivity contribution is 6.31. The lowest BCUT2D eigenvalue weighted by Crippen LogP contribution is -2.55. The Labute approximate surface area is 185 Å². The van der Waals surface area contributed by atoms with E-state index < -0.39 is 37.1 Å². The van der Waals surface area contributed by atoms with Crippen molar-refractivity contribution in [2.75, 3.05) is 19.8 Å². The van der Waals surface area contributed by atoms with E-state index in [1.165, 1.54) is 0 Å². The van der Waals surface area contributed by atoms with Gasteiger partial charge in [-0.05, 0) is 41.3 Å². The van der Waals surface area contributed by atoms with Crippen molar-refractivity contribution in [3.8, 4) is 5.75 Å². The number of halogens is 1. The maximum Gasteiger partial charge on any atom is 0.124 e. The smallest absolute Gasteiger partial charge is 0.124 e. The molecule has 0 amide bonds. The first-order chi connectivity index (χ1) is 15.0. The zero-order valence-corrected chi connectivity index (χ0v) is 17.7. The van der Waals surface area contributed by atoms with E-state index in [1.807, 2.05) is 30.3 Å². The first-order valence-corrected chi connectivity index (χ1v) is 10.8. The van der Waals surface area contributed by atoms with Gasteiger partial charge in [0.05, 0.1) is 19.8 Å². The third-order valence-electron chi connectivity index (χ3n) is 5.80.